The van der Waals surface area contributed by atoms with E-state index in [0.29, 0.717) is 6.54 Å². The van der Waals surface area contributed by atoms with Gasteiger partial charge in [-0.1, -0.05) is 13.8 Å². The lowest BCUT2D eigenvalue weighted by molar-refractivity contribution is -0.140. The SMILES string of the molecule is CC(C)[C@H](N(Cc1ccnn1C(C)C)C(=O)CCl)C(C)(C)O. The van der Waals surface area contributed by atoms with E-state index in [4.69, 9.17) is 11.6 Å². The number of hydrogen-bond donors (Lipinski definition) is 1. The zero-order chi connectivity index (χ0) is 17.1. The molecule has 0 radical (unpaired) electrons. The van der Waals surface area contributed by atoms with Crippen LogP contribution in [0.4, 0.5) is 0 Å². The van der Waals surface area contributed by atoms with E-state index in [1.54, 1.807) is 24.9 Å². The largest absolute Gasteiger partial charge is 0.388 e. The van der Waals surface area contributed by atoms with Crippen molar-refractivity contribution < 1.29 is 9.90 Å². The van der Waals surface area contributed by atoms with Gasteiger partial charge in [-0.3, -0.25) is 9.48 Å². The Kier molecular flexibility index (Phi) is 6.44. The predicted molar refractivity (Wildman–Crippen MR) is 88.8 cm³/mol. The summed E-state index contributed by atoms with van der Waals surface area (Å²) in [4.78, 5) is 14.0. The lowest BCUT2D eigenvalue weighted by Gasteiger charge is -2.41. The molecule has 0 spiro atoms. The van der Waals surface area contributed by atoms with E-state index in [-0.39, 0.29) is 29.8 Å². The molecule has 1 rings (SSSR count). The van der Waals surface area contributed by atoms with Crippen molar-refractivity contribution in [2.45, 2.75) is 65.8 Å². The van der Waals surface area contributed by atoms with Crippen LogP contribution in [0.1, 0.15) is 53.3 Å². The first kappa shape index (κ1) is 19.0. The quantitative estimate of drug-likeness (QED) is 0.782. The summed E-state index contributed by atoms with van der Waals surface area (Å²) in [6.07, 6.45) is 1.73. The Balaban J connectivity index is 3.18. The van der Waals surface area contributed by atoms with Gasteiger partial charge in [0.2, 0.25) is 5.91 Å². The monoisotopic (exact) mass is 329 g/mol. The van der Waals surface area contributed by atoms with Gasteiger partial charge in [-0.15, -0.1) is 11.6 Å². The molecule has 6 heteroatoms. The minimum Gasteiger partial charge on any atom is -0.388 e. The van der Waals surface area contributed by atoms with Crippen molar-refractivity contribution in [2.75, 3.05) is 5.88 Å². The third kappa shape index (κ3) is 4.46. The van der Waals surface area contributed by atoms with Crippen molar-refractivity contribution >= 4 is 17.5 Å². The molecule has 1 aromatic rings. The molecular formula is C16H28ClN3O2. The van der Waals surface area contributed by atoms with Crippen LogP contribution in [-0.4, -0.2) is 43.2 Å². The maximum Gasteiger partial charge on any atom is 0.238 e. The van der Waals surface area contributed by atoms with Crippen molar-refractivity contribution in [3.05, 3.63) is 18.0 Å². The van der Waals surface area contributed by atoms with Crippen LogP contribution < -0.4 is 0 Å². The second-order valence-corrected chi connectivity index (χ2v) is 7.13. The highest BCUT2D eigenvalue weighted by Crippen LogP contribution is 2.26. The number of carbonyl (C=O) groups excluding carboxylic acids is 1. The zero-order valence-corrected chi connectivity index (χ0v) is 15.1. The molecule has 0 saturated heterocycles. The summed E-state index contributed by atoms with van der Waals surface area (Å²) in [7, 11) is 0. The number of aromatic nitrogens is 2. The average Bonchev–Trinajstić information content (AvgIpc) is 2.83. The molecule has 22 heavy (non-hydrogen) atoms. The minimum absolute atomic E-state index is 0.0996. The van der Waals surface area contributed by atoms with Gasteiger partial charge in [0, 0.05) is 12.2 Å². The van der Waals surface area contributed by atoms with Gasteiger partial charge in [0.05, 0.1) is 23.9 Å². The predicted octanol–water partition coefficient (Wildman–Crippen LogP) is 2.83. The Morgan fingerprint density at radius 3 is 2.41 bits per heavy atom. The third-order valence-corrected chi connectivity index (χ3v) is 3.93. The molecule has 5 nitrogen and oxygen atoms in total. The van der Waals surface area contributed by atoms with Crippen LogP contribution >= 0.6 is 11.6 Å². The number of rotatable bonds is 7. The summed E-state index contributed by atoms with van der Waals surface area (Å²) in [6, 6.07) is 1.78. The number of aliphatic hydroxyl groups is 1. The molecule has 0 aliphatic carbocycles. The van der Waals surface area contributed by atoms with E-state index in [9.17, 15) is 9.90 Å². The first-order valence-electron chi connectivity index (χ1n) is 7.69. The lowest BCUT2D eigenvalue weighted by atomic mass is 9.87. The highest BCUT2D eigenvalue weighted by Gasteiger charge is 2.37. The topological polar surface area (TPSA) is 58.4 Å². The summed E-state index contributed by atoms with van der Waals surface area (Å²) in [6.45, 7) is 11.9. The first-order valence-corrected chi connectivity index (χ1v) is 8.23. The number of carbonyl (C=O) groups is 1. The molecule has 0 aromatic carbocycles. The van der Waals surface area contributed by atoms with Crippen LogP contribution in [0.25, 0.3) is 0 Å². The fraction of sp³-hybridized carbons (Fsp3) is 0.750. The van der Waals surface area contributed by atoms with E-state index < -0.39 is 5.60 Å². The Labute approximate surface area is 138 Å². The van der Waals surface area contributed by atoms with Crippen LogP contribution in [0.3, 0.4) is 0 Å². The maximum atomic E-state index is 12.4. The fourth-order valence-electron chi connectivity index (χ4n) is 3.08. The molecule has 0 aliphatic rings. The highest BCUT2D eigenvalue weighted by atomic mass is 35.5. The van der Waals surface area contributed by atoms with E-state index in [1.165, 1.54) is 0 Å². The number of alkyl halides is 1. The van der Waals surface area contributed by atoms with Crippen molar-refractivity contribution in [1.82, 2.24) is 14.7 Å². The molecule has 1 aromatic heterocycles. The van der Waals surface area contributed by atoms with Crippen molar-refractivity contribution in [3.8, 4) is 0 Å². The Morgan fingerprint density at radius 1 is 1.41 bits per heavy atom. The number of nitrogens with zero attached hydrogens (tertiary/aromatic N) is 3. The van der Waals surface area contributed by atoms with Gasteiger partial charge >= 0.3 is 0 Å². The molecule has 0 aliphatic heterocycles. The van der Waals surface area contributed by atoms with Gasteiger partial charge < -0.3 is 10.0 Å². The molecule has 1 atom stereocenters. The summed E-state index contributed by atoms with van der Waals surface area (Å²) in [5.74, 6) is -0.184. The standard InChI is InChI=1S/C16H28ClN3O2/c1-11(2)15(16(5,6)22)19(14(21)9-17)10-13-7-8-18-20(13)12(3)4/h7-8,11-12,15,22H,9-10H2,1-6H3/t15-/m0/s1. The fourth-order valence-corrected chi connectivity index (χ4v) is 3.24. The summed E-state index contributed by atoms with van der Waals surface area (Å²) in [5.41, 5.74) is -0.0816. The maximum absolute atomic E-state index is 12.4. The summed E-state index contributed by atoms with van der Waals surface area (Å²) >= 11 is 5.79. The van der Waals surface area contributed by atoms with E-state index >= 15 is 0 Å². The van der Waals surface area contributed by atoms with Crippen LogP contribution in [0.2, 0.25) is 0 Å². The Bertz CT molecular complexity index is 492. The summed E-state index contributed by atoms with van der Waals surface area (Å²) in [5, 5.41) is 14.8. The molecule has 1 amide bonds. The Morgan fingerprint density at radius 2 is 2.00 bits per heavy atom. The zero-order valence-electron chi connectivity index (χ0n) is 14.4. The lowest BCUT2D eigenvalue weighted by Crippen LogP contribution is -2.54. The third-order valence-electron chi connectivity index (χ3n) is 3.70. The van der Waals surface area contributed by atoms with Gasteiger partial charge in [-0.05, 0) is 39.7 Å². The van der Waals surface area contributed by atoms with Crippen LogP contribution in [0.5, 0.6) is 0 Å². The first-order chi connectivity index (χ1) is 10.1. The van der Waals surface area contributed by atoms with Gasteiger partial charge in [0.15, 0.2) is 0 Å². The van der Waals surface area contributed by atoms with Crippen LogP contribution in [-0.2, 0) is 11.3 Å². The van der Waals surface area contributed by atoms with Crippen LogP contribution in [0.15, 0.2) is 12.3 Å². The van der Waals surface area contributed by atoms with Gasteiger partial charge in [0.1, 0.15) is 5.88 Å². The average molecular weight is 330 g/mol. The second kappa shape index (κ2) is 7.47. The molecule has 0 unspecified atom stereocenters. The molecule has 1 N–H and O–H groups in total. The van der Waals surface area contributed by atoms with Gasteiger partial charge in [0.25, 0.3) is 0 Å². The van der Waals surface area contributed by atoms with E-state index in [0.717, 1.165) is 5.69 Å². The number of hydrogen-bond acceptors (Lipinski definition) is 3. The molecule has 0 saturated carbocycles. The minimum atomic E-state index is -1.02. The van der Waals surface area contributed by atoms with E-state index in [2.05, 4.69) is 5.10 Å². The van der Waals surface area contributed by atoms with Gasteiger partial charge in [-0.25, -0.2) is 0 Å². The van der Waals surface area contributed by atoms with E-state index in [1.807, 2.05) is 38.4 Å². The normalized spacial score (nSPS) is 13.7. The summed E-state index contributed by atoms with van der Waals surface area (Å²) < 4.78 is 1.89. The van der Waals surface area contributed by atoms with Gasteiger partial charge in [-0.2, -0.15) is 5.10 Å². The molecule has 0 fully saturated rings. The van der Waals surface area contributed by atoms with Crippen LogP contribution in [0, 0.1) is 5.92 Å². The highest BCUT2D eigenvalue weighted by molar-refractivity contribution is 6.27. The van der Waals surface area contributed by atoms with Crippen molar-refractivity contribution in [3.63, 3.8) is 0 Å². The van der Waals surface area contributed by atoms with Crippen molar-refractivity contribution in [2.24, 2.45) is 5.92 Å². The molecule has 1 heterocycles. The second-order valence-electron chi connectivity index (χ2n) is 6.86. The smallest absolute Gasteiger partial charge is 0.238 e. The number of amides is 1. The van der Waals surface area contributed by atoms with Crippen molar-refractivity contribution in [1.29, 1.82) is 0 Å². The molecule has 126 valence electrons. The molecule has 0 bridgehead atoms. The number of halogens is 1. The Hall–Kier alpha value is -1.07. The molecular weight excluding hydrogens is 302 g/mol.